The van der Waals surface area contributed by atoms with E-state index >= 15 is 0 Å². The molecule has 2 aromatic carbocycles. The molecule has 218 valence electrons. The van der Waals surface area contributed by atoms with Crippen molar-refractivity contribution in [1.82, 2.24) is 10.2 Å². The smallest absolute Gasteiger partial charge is 0.255 e. The first kappa shape index (κ1) is 31.0. The zero-order valence-electron chi connectivity index (χ0n) is 24.0. The molecule has 2 saturated heterocycles. The number of amides is 1. The third kappa shape index (κ3) is 8.77. The average Bonchev–Trinajstić information content (AvgIpc) is 2.92. The molecule has 4 atom stereocenters. The Hall–Kier alpha value is -1.96. The van der Waals surface area contributed by atoms with Crippen molar-refractivity contribution in [2.24, 2.45) is 11.8 Å². The fourth-order valence-electron chi connectivity index (χ4n) is 6.05. The predicted octanol–water partition coefficient (Wildman–Crippen LogP) is 6.73. The zero-order valence-corrected chi connectivity index (χ0v) is 25.5. The molecule has 2 N–H and O–H groups in total. The zero-order chi connectivity index (χ0) is 28.6. The topological polar surface area (TPSA) is 70.7 Å². The molecule has 2 aromatic rings. The molecule has 4 rings (SSSR count). The van der Waals surface area contributed by atoms with Crippen LogP contribution in [0.4, 0.5) is 5.69 Å². The minimum atomic E-state index is -0.288. The van der Waals surface area contributed by atoms with Crippen LogP contribution in [0.3, 0.4) is 0 Å². The van der Waals surface area contributed by atoms with E-state index in [0.717, 1.165) is 76.2 Å². The van der Waals surface area contributed by atoms with E-state index in [1.165, 1.54) is 0 Å². The Kier molecular flexibility index (Phi) is 11.5. The van der Waals surface area contributed by atoms with Crippen molar-refractivity contribution in [2.45, 2.75) is 64.8 Å². The van der Waals surface area contributed by atoms with Crippen LogP contribution in [0.2, 0.25) is 10.0 Å². The number of aryl methyl sites for hydroxylation is 1. The molecule has 0 radical (unpaired) electrons. The van der Waals surface area contributed by atoms with Crippen molar-refractivity contribution < 1.29 is 14.3 Å². The fourth-order valence-corrected chi connectivity index (χ4v) is 6.58. The molecule has 0 saturated carbocycles. The van der Waals surface area contributed by atoms with Crippen LogP contribution in [0, 0.1) is 18.8 Å². The summed E-state index contributed by atoms with van der Waals surface area (Å²) in [4.78, 5) is 29.3. The van der Waals surface area contributed by atoms with E-state index in [1.807, 2.05) is 18.2 Å². The second-order valence-electron chi connectivity index (χ2n) is 11.6. The lowest BCUT2D eigenvalue weighted by molar-refractivity contribution is -0.121. The molecule has 0 aromatic heterocycles. The maximum absolute atomic E-state index is 13.9. The number of piperidine rings is 1. The Morgan fingerprint density at radius 2 is 1.80 bits per heavy atom. The summed E-state index contributed by atoms with van der Waals surface area (Å²) in [6.07, 6.45) is 4.38. The third-order valence-electron chi connectivity index (χ3n) is 8.47. The van der Waals surface area contributed by atoms with E-state index in [4.69, 9.17) is 27.9 Å². The summed E-state index contributed by atoms with van der Waals surface area (Å²) in [7, 11) is 0. The number of carbonyl (C=O) groups excluding carboxylic acids is 2. The van der Waals surface area contributed by atoms with Crippen LogP contribution in [-0.4, -0.2) is 62.0 Å². The molecule has 40 heavy (non-hydrogen) atoms. The van der Waals surface area contributed by atoms with Crippen molar-refractivity contribution in [3.05, 3.63) is 63.1 Å². The molecular weight excluding hydrogens is 545 g/mol. The molecule has 2 aliphatic heterocycles. The van der Waals surface area contributed by atoms with Crippen LogP contribution in [0.1, 0.15) is 73.4 Å². The van der Waals surface area contributed by atoms with Crippen LogP contribution in [0.15, 0.2) is 36.4 Å². The van der Waals surface area contributed by atoms with E-state index in [9.17, 15) is 9.59 Å². The van der Waals surface area contributed by atoms with Gasteiger partial charge in [0, 0.05) is 52.8 Å². The molecule has 0 aliphatic carbocycles. The molecule has 0 spiro atoms. The number of anilines is 1. The van der Waals surface area contributed by atoms with E-state index in [0.29, 0.717) is 51.4 Å². The van der Waals surface area contributed by atoms with Gasteiger partial charge in [-0.25, -0.2) is 0 Å². The fraction of sp³-hybridized carbons (Fsp3) is 0.562. The Bertz CT molecular complexity index is 1150. The Balaban J connectivity index is 1.49. The molecule has 2 heterocycles. The SMILES string of the molecule is Cc1ccc(NC(=O)c2cc(Cl)cc(Cl)c2)cc1C(CC1CNC(C)CC1C)C(=O)CCCCN1CCOCC1. The highest BCUT2D eigenvalue weighted by Gasteiger charge is 2.31. The molecular formula is C32H43Cl2N3O3. The largest absolute Gasteiger partial charge is 0.379 e. The van der Waals surface area contributed by atoms with Gasteiger partial charge in [-0.05, 0) is 106 Å². The molecule has 0 bridgehead atoms. The summed E-state index contributed by atoms with van der Waals surface area (Å²) in [6.45, 7) is 12.1. The summed E-state index contributed by atoms with van der Waals surface area (Å²) in [5.74, 6) is 0.766. The van der Waals surface area contributed by atoms with Crippen LogP contribution < -0.4 is 10.6 Å². The monoisotopic (exact) mass is 587 g/mol. The average molecular weight is 589 g/mol. The maximum atomic E-state index is 13.9. The van der Waals surface area contributed by atoms with Crippen molar-refractivity contribution >= 4 is 40.6 Å². The normalized spacial score (nSPS) is 22.6. The van der Waals surface area contributed by atoms with Gasteiger partial charge < -0.3 is 15.4 Å². The minimum Gasteiger partial charge on any atom is -0.379 e. The number of hydrogen-bond acceptors (Lipinski definition) is 5. The Labute approximate surface area is 249 Å². The number of Topliss-reactive ketones (excluding diaryl/α,β-unsaturated/α-hetero) is 1. The predicted molar refractivity (Wildman–Crippen MR) is 164 cm³/mol. The number of ether oxygens (including phenoxy) is 1. The Morgan fingerprint density at radius 1 is 1.07 bits per heavy atom. The number of unbranched alkanes of at least 4 members (excludes halogenated alkanes) is 1. The second kappa shape index (κ2) is 14.8. The number of halogens is 2. The summed E-state index contributed by atoms with van der Waals surface area (Å²) in [6, 6.07) is 11.2. The van der Waals surface area contributed by atoms with Gasteiger partial charge in [0.1, 0.15) is 5.78 Å². The second-order valence-corrected chi connectivity index (χ2v) is 12.5. The number of hydrogen-bond donors (Lipinski definition) is 2. The summed E-state index contributed by atoms with van der Waals surface area (Å²) < 4.78 is 5.45. The van der Waals surface area contributed by atoms with Gasteiger partial charge in [0.15, 0.2) is 0 Å². The molecule has 2 fully saturated rings. The van der Waals surface area contributed by atoms with Gasteiger partial charge in [-0.15, -0.1) is 0 Å². The lowest BCUT2D eigenvalue weighted by atomic mass is 9.75. The third-order valence-corrected chi connectivity index (χ3v) is 8.91. The molecule has 1 amide bonds. The number of rotatable bonds is 11. The van der Waals surface area contributed by atoms with Crippen LogP contribution in [0.25, 0.3) is 0 Å². The number of ketones is 1. The van der Waals surface area contributed by atoms with Gasteiger partial charge in [-0.1, -0.05) is 36.2 Å². The summed E-state index contributed by atoms with van der Waals surface area (Å²) in [5, 5.41) is 7.42. The van der Waals surface area contributed by atoms with Crippen LogP contribution >= 0.6 is 23.2 Å². The van der Waals surface area contributed by atoms with Gasteiger partial charge in [0.05, 0.1) is 13.2 Å². The van der Waals surface area contributed by atoms with Gasteiger partial charge in [0.25, 0.3) is 5.91 Å². The van der Waals surface area contributed by atoms with Crippen LogP contribution in [-0.2, 0) is 9.53 Å². The van der Waals surface area contributed by atoms with Gasteiger partial charge in [0.2, 0.25) is 0 Å². The molecule has 6 nitrogen and oxygen atoms in total. The summed E-state index contributed by atoms with van der Waals surface area (Å²) >= 11 is 12.2. The molecule has 2 aliphatic rings. The number of nitrogens with one attached hydrogen (secondary N) is 2. The first-order valence-corrected chi connectivity index (χ1v) is 15.4. The first-order chi connectivity index (χ1) is 19.2. The van der Waals surface area contributed by atoms with Gasteiger partial charge >= 0.3 is 0 Å². The van der Waals surface area contributed by atoms with Crippen molar-refractivity contribution in [2.75, 3.05) is 44.7 Å². The van der Waals surface area contributed by atoms with Gasteiger partial charge in [-0.3, -0.25) is 14.5 Å². The van der Waals surface area contributed by atoms with Crippen molar-refractivity contribution in [3.8, 4) is 0 Å². The van der Waals surface area contributed by atoms with E-state index in [-0.39, 0.29) is 11.8 Å². The van der Waals surface area contributed by atoms with E-state index < -0.39 is 0 Å². The standard InChI is InChI=1S/C32H43Cl2N3O3/c1-21-7-8-28(36-32(39)24-15-26(33)18-27(34)16-24)19-29(21)30(17-25-20-35-23(3)14-22(25)2)31(38)6-4-5-9-37-10-12-40-13-11-37/h7-8,15-16,18-19,22-23,25,30,35H,4-6,9-14,17,20H2,1-3H3,(H,36,39). The van der Waals surface area contributed by atoms with Crippen LogP contribution in [0.5, 0.6) is 0 Å². The maximum Gasteiger partial charge on any atom is 0.255 e. The molecule has 4 unspecified atom stereocenters. The lowest BCUT2D eigenvalue weighted by Gasteiger charge is -2.36. The highest BCUT2D eigenvalue weighted by molar-refractivity contribution is 6.35. The highest BCUT2D eigenvalue weighted by atomic mass is 35.5. The highest BCUT2D eigenvalue weighted by Crippen LogP contribution is 2.36. The van der Waals surface area contributed by atoms with Gasteiger partial charge in [-0.2, -0.15) is 0 Å². The number of morpholine rings is 1. The van der Waals surface area contributed by atoms with E-state index in [2.05, 4.69) is 36.3 Å². The van der Waals surface area contributed by atoms with E-state index in [1.54, 1.807) is 18.2 Å². The first-order valence-electron chi connectivity index (χ1n) is 14.6. The van der Waals surface area contributed by atoms with Crippen molar-refractivity contribution in [3.63, 3.8) is 0 Å². The number of carbonyl (C=O) groups is 2. The minimum absolute atomic E-state index is 0.205. The number of nitrogens with zero attached hydrogens (tertiary/aromatic N) is 1. The lowest BCUT2D eigenvalue weighted by Crippen LogP contribution is -2.42. The molecule has 8 heteroatoms. The number of benzene rings is 2. The Morgan fingerprint density at radius 3 is 2.50 bits per heavy atom. The quantitative estimate of drug-likeness (QED) is 0.285. The summed E-state index contributed by atoms with van der Waals surface area (Å²) in [5.41, 5.74) is 3.13. The van der Waals surface area contributed by atoms with Crippen molar-refractivity contribution in [1.29, 1.82) is 0 Å².